The van der Waals surface area contributed by atoms with E-state index in [1.54, 1.807) is 26.0 Å². The van der Waals surface area contributed by atoms with Gasteiger partial charge in [-0.1, -0.05) is 0 Å². The molecule has 5 nitrogen and oxygen atoms in total. The second-order valence-corrected chi connectivity index (χ2v) is 6.02. The average molecular weight is 258 g/mol. The molecule has 0 saturated heterocycles. The molecule has 17 heavy (non-hydrogen) atoms. The predicted molar refractivity (Wildman–Crippen MR) is 67.2 cm³/mol. The Bertz CT molecular complexity index is 488. The van der Waals surface area contributed by atoms with Gasteiger partial charge < -0.3 is 10.8 Å². The summed E-state index contributed by atoms with van der Waals surface area (Å²) in [6.07, 6.45) is 0. The van der Waals surface area contributed by atoms with Crippen molar-refractivity contribution in [2.24, 2.45) is 0 Å². The van der Waals surface area contributed by atoms with Crippen LogP contribution in [0.4, 0.5) is 5.69 Å². The van der Waals surface area contributed by atoms with Crippen molar-refractivity contribution in [3.8, 4) is 0 Å². The van der Waals surface area contributed by atoms with E-state index in [2.05, 4.69) is 0 Å². The van der Waals surface area contributed by atoms with E-state index in [4.69, 9.17) is 10.8 Å². The molecule has 0 unspecified atom stereocenters. The Morgan fingerprint density at radius 3 is 2.18 bits per heavy atom. The molecule has 1 aromatic rings. The van der Waals surface area contributed by atoms with Gasteiger partial charge in [0.05, 0.1) is 11.5 Å². The zero-order chi connectivity index (χ0) is 13.2. The van der Waals surface area contributed by atoms with E-state index in [1.165, 1.54) is 7.05 Å². The topological polar surface area (TPSA) is 83.6 Å². The first-order chi connectivity index (χ1) is 7.80. The van der Waals surface area contributed by atoms with Crippen molar-refractivity contribution < 1.29 is 13.5 Å². The lowest BCUT2D eigenvalue weighted by atomic mass is 10.1. The van der Waals surface area contributed by atoms with Crippen LogP contribution in [0.1, 0.15) is 11.1 Å². The molecule has 6 heteroatoms. The van der Waals surface area contributed by atoms with E-state index in [-0.39, 0.29) is 18.0 Å². The average Bonchev–Trinajstić information content (AvgIpc) is 2.15. The molecular weight excluding hydrogens is 240 g/mol. The highest BCUT2D eigenvalue weighted by Crippen LogP contribution is 2.25. The summed E-state index contributed by atoms with van der Waals surface area (Å²) in [6, 6.07) is 3.26. The Hall–Kier alpha value is -1.11. The zero-order valence-electron chi connectivity index (χ0n) is 10.3. The minimum absolute atomic E-state index is 0.0750. The molecule has 0 bridgehead atoms. The molecule has 0 aliphatic heterocycles. The molecular formula is C11H18N2O3S. The molecule has 3 N–H and O–H groups in total. The number of rotatable bonds is 4. The molecule has 0 spiro atoms. The van der Waals surface area contributed by atoms with Gasteiger partial charge in [0.1, 0.15) is 0 Å². The first-order valence-electron chi connectivity index (χ1n) is 5.24. The van der Waals surface area contributed by atoms with Gasteiger partial charge in [-0.15, -0.1) is 0 Å². The summed E-state index contributed by atoms with van der Waals surface area (Å²) < 4.78 is 25.6. The lowest BCUT2D eigenvalue weighted by Crippen LogP contribution is -2.30. The molecule has 0 fully saturated rings. The maximum Gasteiger partial charge on any atom is 0.243 e. The molecule has 0 saturated carbocycles. The van der Waals surface area contributed by atoms with Crippen molar-refractivity contribution in [3.63, 3.8) is 0 Å². The Labute approximate surface area is 102 Å². The number of sulfonamides is 1. The monoisotopic (exact) mass is 258 g/mol. The van der Waals surface area contributed by atoms with Gasteiger partial charge in [0.15, 0.2) is 0 Å². The number of aliphatic hydroxyl groups excluding tert-OH is 1. The maximum atomic E-state index is 12.2. The van der Waals surface area contributed by atoms with Gasteiger partial charge in [-0.25, -0.2) is 8.42 Å². The molecule has 1 aromatic carbocycles. The highest BCUT2D eigenvalue weighted by molar-refractivity contribution is 7.89. The number of nitrogen functional groups attached to an aromatic ring is 1. The largest absolute Gasteiger partial charge is 0.399 e. The minimum atomic E-state index is -3.56. The lowest BCUT2D eigenvalue weighted by Gasteiger charge is -2.19. The van der Waals surface area contributed by atoms with Crippen LogP contribution in [-0.2, 0) is 10.0 Å². The summed E-state index contributed by atoms with van der Waals surface area (Å²) in [4.78, 5) is 0.266. The molecule has 0 aromatic heterocycles. The van der Waals surface area contributed by atoms with Crippen LogP contribution in [-0.4, -0.2) is 38.0 Å². The summed E-state index contributed by atoms with van der Waals surface area (Å²) in [5, 5.41) is 8.80. The lowest BCUT2D eigenvalue weighted by molar-refractivity contribution is 0.266. The Kier molecular flexibility index (Phi) is 4.13. The first-order valence-corrected chi connectivity index (χ1v) is 6.68. The molecule has 0 radical (unpaired) electrons. The molecule has 0 aliphatic rings. The van der Waals surface area contributed by atoms with Crippen molar-refractivity contribution in [2.45, 2.75) is 18.7 Å². The number of benzene rings is 1. The quantitative estimate of drug-likeness (QED) is 0.770. The molecule has 0 amide bonds. The van der Waals surface area contributed by atoms with Crippen molar-refractivity contribution in [2.75, 3.05) is 25.9 Å². The fraction of sp³-hybridized carbons (Fsp3) is 0.455. The maximum absolute atomic E-state index is 12.2. The van der Waals surface area contributed by atoms with Crippen molar-refractivity contribution in [1.29, 1.82) is 0 Å². The first kappa shape index (κ1) is 14.0. The van der Waals surface area contributed by atoms with Gasteiger partial charge in [0, 0.05) is 19.3 Å². The van der Waals surface area contributed by atoms with Crippen LogP contribution in [0.3, 0.4) is 0 Å². The van der Waals surface area contributed by atoms with Crippen molar-refractivity contribution in [1.82, 2.24) is 4.31 Å². The van der Waals surface area contributed by atoms with Crippen LogP contribution in [0.2, 0.25) is 0 Å². The number of likely N-dealkylation sites (N-methyl/N-ethyl adjacent to an activating group) is 1. The van der Waals surface area contributed by atoms with Gasteiger partial charge in [0.25, 0.3) is 0 Å². The SMILES string of the molecule is Cc1cc(N)cc(C)c1S(=O)(=O)N(C)CCO. The number of hydrogen-bond acceptors (Lipinski definition) is 4. The Morgan fingerprint density at radius 1 is 1.29 bits per heavy atom. The summed E-state index contributed by atoms with van der Waals surface area (Å²) in [7, 11) is -2.12. The fourth-order valence-electron chi connectivity index (χ4n) is 1.81. The summed E-state index contributed by atoms with van der Waals surface area (Å²) in [5.41, 5.74) is 7.44. The van der Waals surface area contributed by atoms with E-state index in [0.29, 0.717) is 16.8 Å². The number of nitrogens with zero attached hydrogens (tertiary/aromatic N) is 1. The van der Waals surface area contributed by atoms with Crippen LogP contribution in [0.15, 0.2) is 17.0 Å². The van der Waals surface area contributed by atoms with E-state index in [0.717, 1.165) is 4.31 Å². The second-order valence-electron chi connectivity index (χ2n) is 4.03. The minimum Gasteiger partial charge on any atom is -0.399 e. The highest BCUT2D eigenvalue weighted by atomic mass is 32.2. The van der Waals surface area contributed by atoms with Crippen LogP contribution in [0, 0.1) is 13.8 Å². The molecule has 0 aliphatic carbocycles. The van der Waals surface area contributed by atoms with Crippen molar-refractivity contribution >= 4 is 15.7 Å². The molecule has 0 heterocycles. The fourth-order valence-corrected chi connectivity index (χ4v) is 3.37. The number of aryl methyl sites for hydroxylation is 2. The third-order valence-corrected chi connectivity index (χ3v) is 4.73. The third kappa shape index (κ3) is 2.77. The summed E-state index contributed by atoms with van der Waals surface area (Å²) >= 11 is 0. The molecule has 1 rings (SSSR count). The summed E-state index contributed by atoms with van der Waals surface area (Å²) in [6.45, 7) is 3.29. The Morgan fingerprint density at radius 2 is 1.76 bits per heavy atom. The number of hydrogen-bond donors (Lipinski definition) is 2. The molecule has 0 atom stereocenters. The second kappa shape index (κ2) is 5.03. The predicted octanol–water partition coefficient (Wildman–Crippen LogP) is 0.498. The van der Waals surface area contributed by atoms with Crippen LogP contribution in [0.25, 0.3) is 0 Å². The van der Waals surface area contributed by atoms with Gasteiger partial charge in [-0.05, 0) is 37.1 Å². The van der Waals surface area contributed by atoms with Gasteiger partial charge in [-0.3, -0.25) is 0 Å². The number of aliphatic hydroxyl groups is 1. The van der Waals surface area contributed by atoms with E-state index < -0.39 is 10.0 Å². The van der Waals surface area contributed by atoms with Crippen LogP contribution in [0.5, 0.6) is 0 Å². The van der Waals surface area contributed by atoms with E-state index in [9.17, 15) is 8.42 Å². The van der Waals surface area contributed by atoms with Crippen LogP contribution < -0.4 is 5.73 Å². The zero-order valence-corrected chi connectivity index (χ0v) is 11.1. The normalized spacial score (nSPS) is 12.1. The van der Waals surface area contributed by atoms with Gasteiger partial charge in [0.2, 0.25) is 10.0 Å². The smallest absolute Gasteiger partial charge is 0.243 e. The summed E-state index contributed by atoms with van der Waals surface area (Å²) in [5.74, 6) is 0. The third-order valence-electron chi connectivity index (χ3n) is 2.57. The number of anilines is 1. The Balaban J connectivity index is 3.34. The standard InChI is InChI=1S/C11H18N2O3S/c1-8-6-10(12)7-9(2)11(8)17(15,16)13(3)4-5-14/h6-7,14H,4-5,12H2,1-3H3. The van der Waals surface area contributed by atoms with Gasteiger partial charge in [-0.2, -0.15) is 4.31 Å². The van der Waals surface area contributed by atoms with Crippen molar-refractivity contribution in [3.05, 3.63) is 23.3 Å². The van der Waals surface area contributed by atoms with E-state index >= 15 is 0 Å². The van der Waals surface area contributed by atoms with Gasteiger partial charge >= 0.3 is 0 Å². The van der Waals surface area contributed by atoms with Crippen LogP contribution >= 0.6 is 0 Å². The molecule has 96 valence electrons. The number of nitrogens with two attached hydrogens (primary N) is 1. The highest BCUT2D eigenvalue weighted by Gasteiger charge is 2.24. The van der Waals surface area contributed by atoms with E-state index in [1.807, 2.05) is 0 Å².